The summed E-state index contributed by atoms with van der Waals surface area (Å²) < 4.78 is 0.739. The molecule has 0 heterocycles. The highest BCUT2D eigenvalue weighted by atomic mass is 32.2. The molecular weight excluding hydrogens is 410 g/mol. The third-order valence-corrected chi connectivity index (χ3v) is 6.84. The highest BCUT2D eigenvalue weighted by Gasteiger charge is 2.21. The van der Waals surface area contributed by atoms with Crippen molar-refractivity contribution in [1.82, 2.24) is 0 Å². The molecule has 3 rings (SSSR count). The molecule has 3 aromatic rings. The van der Waals surface area contributed by atoms with Crippen LogP contribution in [0.2, 0.25) is 0 Å². The van der Waals surface area contributed by atoms with Gasteiger partial charge in [-0.1, -0.05) is 78.9 Å². The first-order chi connectivity index (χ1) is 14.6. The number of ketones is 1. The second-order valence-corrected chi connectivity index (χ2v) is 8.82. The monoisotopic (exact) mass is 433 g/mol. The van der Waals surface area contributed by atoms with E-state index < -0.39 is 0 Å². The Bertz CT molecular complexity index is 958. The van der Waals surface area contributed by atoms with Crippen LogP contribution in [0.5, 0.6) is 0 Å². The van der Waals surface area contributed by atoms with Crippen LogP contribution in [0.3, 0.4) is 0 Å². The molecule has 30 heavy (non-hydrogen) atoms. The van der Waals surface area contributed by atoms with Gasteiger partial charge in [0.1, 0.15) is 5.57 Å². The van der Waals surface area contributed by atoms with Crippen LogP contribution >= 0.6 is 23.5 Å². The number of thioether (sulfide) groups is 2. The molecule has 0 spiro atoms. The lowest BCUT2D eigenvalue weighted by Gasteiger charge is -2.14. The molecule has 0 fully saturated rings. The van der Waals surface area contributed by atoms with Crippen LogP contribution in [-0.2, 0) is 21.1 Å². The molecule has 0 unspecified atom stereocenters. The number of hydrogen-bond donors (Lipinski definition) is 1. The third-order valence-electron chi connectivity index (χ3n) is 4.24. The Morgan fingerprint density at radius 3 is 1.57 bits per heavy atom. The van der Waals surface area contributed by atoms with Gasteiger partial charge in [-0.25, -0.2) is 0 Å². The summed E-state index contributed by atoms with van der Waals surface area (Å²) in [6, 6.07) is 29.3. The standard InChI is InChI=1S/C25H23NO2S2/c1-19(27)23(24(28)26-22-15-9-4-10-16-22)25(29-17-20-11-5-2-6-12-20)30-18-21-13-7-3-8-14-21/h2-16H,17-18H2,1H3,(H,26,28). The highest BCUT2D eigenvalue weighted by molar-refractivity contribution is 8.21. The molecule has 152 valence electrons. The number of Topliss-reactive ketones (excluding diaryl/α,β-unsaturated/α-hetero) is 1. The van der Waals surface area contributed by atoms with E-state index in [1.165, 1.54) is 30.4 Å². The molecule has 1 N–H and O–H groups in total. The van der Waals surface area contributed by atoms with Gasteiger partial charge >= 0.3 is 0 Å². The van der Waals surface area contributed by atoms with E-state index in [0.29, 0.717) is 17.2 Å². The van der Waals surface area contributed by atoms with Crippen molar-refractivity contribution in [1.29, 1.82) is 0 Å². The molecule has 3 aromatic carbocycles. The molecule has 0 saturated heterocycles. The number of para-hydroxylation sites is 1. The van der Waals surface area contributed by atoms with Crippen LogP contribution in [0.25, 0.3) is 0 Å². The molecular formula is C25H23NO2S2. The maximum Gasteiger partial charge on any atom is 0.260 e. The molecule has 0 saturated carbocycles. The Hall–Kier alpha value is -2.76. The molecule has 5 heteroatoms. The molecule has 0 aliphatic heterocycles. The number of benzene rings is 3. The summed E-state index contributed by atoms with van der Waals surface area (Å²) in [6.07, 6.45) is 0. The van der Waals surface area contributed by atoms with Crippen molar-refractivity contribution < 1.29 is 9.59 Å². The summed E-state index contributed by atoms with van der Waals surface area (Å²) in [7, 11) is 0. The summed E-state index contributed by atoms with van der Waals surface area (Å²) in [5.41, 5.74) is 3.17. The molecule has 0 aromatic heterocycles. The van der Waals surface area contributed by atoms with Gasteiger partial charge in [0.05, 0.1) is 4.24 Å². The Morgan fingerprint density at radius 1 is 0.700 bits per heavy atom. The van der Waals surface area contributed by atoms with Crippen molar-refractivity contribution >= 4 is 40.9 Å². The van der Waals surface area contributed by atoms with Crippen molar-refractivity contribution in [2.45, 2.75) is 18.4 Å². The summed E-state index contributed by atoms with van der Waals surface area (Å²) in [5, 5.41) is 2.86. The van der Waals surface area contributed by atoms with E-state index >= 15 is 0 Å². The number of hydrogen-bond acceptors (Lipinski definition) is 4. The fourth-order valence-corrected chi connectivity index (χ4v) is 5.17. The molecule has 1 amide bonds. The summed E-state index contributed by atoms with van der Waals surface area (Å²) in [6.45, 7) is 1.45. The van der Waals surface area contributed by atoms with Gasteiger partial charge in [0.2, 0.25) is 0 Å². The number of amides is 1. The van der Waals surface area contributed by atoms with Crippen molar-refractivity contribution in [2.75, 3.05) is 5.32 Å². The van der Waals surface area contributed by atoms with Crippen molar-refractivity contribution in [2.24, 2.45) is 0 Å². The number of nitrogens with one attached hydrogen (secondary N) is 1. The van der Waals surface area contributed by atoms with E-state index in [1.54, 1.807) is 0 Å². The zero-order valence-corrected chi connectivity index (χ0v) is 18.3. The van der Waals surface area contributed by atoms with E-state index in [-0.39, 0.29) is 17.3 Å². The maximum absolute atomic E-state index is 13.0. The number of rotatable bonds is 9. The van der Waals surface area contributed by atoms with Gasteiger partial charge in [-0.05, 0) is 30.2 Å². The Kier molecular flexibility index (Phi) is 8.36. The van der Waals surface area contributed by atoms with E-state index in [2.05, 4.69) is 5.32 Å². The van der Waals surface area contributed by atoms with Crippen LogP contribution in [0.15, 0.2) is 101 Å². The Balaban J connectivity index is 1.86. The van der Waals surface area contributed by atoms with Crippen LogP contribution in [-0.4, -0.2) is 11.7 Å². The molecule has 0 aliphatic carbocycles. The van der Waals surface area contributed by atoms with Crippen LogP contribution < -0.4 is 5.32 Å². The lowest BCUT2D eigenvalue weighted by Crippen LogP contribution is -2.20. The van der Waals surface area contributed by atoms with E-state index in [4.69, 9.17) is 0 Å². The van der Waals surface area contributed by atoms with Crippen molar-refractivity contribution in [3.05, 3.63) is 112 Å². The lowest BCUT2D eigenvalue weighted by atomic mass is 10.2. The van der Waals surface area contributed by atoms with Gasteiger partial charge < -0.3 is 5.32 Å². The minimum absolute atomic E-state index is 0.209. The van der Waals surface area contributed by atoms with E-state index in [1.807, 2.05) is 91.0 Å². The number of carbonyl (C=O) groups excluding carboxylic acids is 2. The Morgan fingerprint density at radius 2 is 1.13 bits per heavy atom. The summed E-state index contributed by atoms with van der Waals surface area (Å²) in [4.78, 5) is 25.5. The van der Waals surface area contributed by atoms with E-state index in [9.17, 15) is 9.59 Å². The van der Waals surface area contributed by atoms with Crippen LogP contribution in [0.1, 0.15) is 18.1 Å². The maximum atomic E-state index is 13.0. The summed E-state index contributed by atoms with van der Waals surface area (Å²) in [5.74, 6) is 0.769. The molecule has 0 radical (unpaired) electrons. The van der Waals surface area contributed by atoms with Gasteiger partial charge in [0.25, 0.3) is 5.91 Å². The lowest BCUT2D eigenvalue weighted by molar-refractivity contribution is -0.118. The Labute approximate surface area is 186 Å². The van der Waals surface area contributed by atoms with Crippen LogP contribution in [0, 0.1) is 0 Å². The van der Waals surface area contributed by atoms with Gasteiger partial charge in [0, 0.05) is 17.2 Å². The molecule has 0 bridgehead atoms. The summed E-state index contributed by atoms with van der Waals surface area (Å²) >= 11 is 3.06. The number of carbonyl (C=O) groups is 2. The third kappa shape index (κ3) is 6.65. The van der Waals surface area contributed by atoms with Crippen molar-refractivity contribution in [3.63, 3.8) is 0 Å². The minimum atomic E-state index is -0.371. The SMILES string of the molecule is CC(=O)C(C(=O)Nc1ccccc1)=C(SCc1ccccc1)SCc1ccccc1. The van der Waals surface area contributed by atoms with Gasteiger partial charge in [0.15, 0.2) is 5.78 Å². The average molecular weight is 434 g/mol. The normalized spacial score (nSPS) is 10.3. The zero-order chi connectivity index (χ0) is 21.2. The molecule has 3 nitrogen and oxygen atoms in total. The first-order valence-electron chi connectivity index (χ1n) is 9.58. The van der Waals surface area contributed by atoms with Crippen molar-refractivity contribution in [3.8, 4) is 0 Å². The largest absolute Gasteiger partial charge is 0.322 e. The second kappa shape index (κ2) is 11.4. The minimum Gasteiger partial charge on any atom is -0.322 e. The van der Waals surface area contributed by atoms with Gasteiger partial charge in [-0.3, -0.25) is 9.59 Å². The topological polar surface area (TPSA) is 46.2 Å². The first-order valence-corrected chi connectivity index (χ1v) is 11.6. The first kappa shape index (κ1) is 21.9. The van der Waals surface area contributed by atoms with Crippen LogP contribution in [0.4, 0.5) is 5.69 Å². The molecule has 0 atom stereocenters. The van der Waals surface area contributed by atoms with Gasteiger partial charge in [-0.15, -0.1) is 23.5 Å². The predicted molar refractivity (Wildman–Crippen MR) is 128 cm³/mol. The smallest absolute Gasteiger partial charge is 0.260 e. The second-order valence-electron chi connectivity index (χ2n) is 6.59. The zero-order valence-electron chi connectivity index (χ0n) is 16.7. The highest BCUT2D eigenvalue weighted by Crippen LogP contribution is 2.37. The fraction of sp³-hybridized carbons (Fsp3) is 0.120. The van der Waals surface area contributed by atoms with E-state index in [0.717, 1.165) is 15.4 Å². The predicted octanol–water partition coefficient (Wildman–Crippen LogP) is 6.29. The number of anilines is 1. The quantitative estimate of drug-likeness (QED) is 0.245. The fourth-order valence-electron chi connectivity index (χ4n) is 2.74. The average Bonchev–Trinajstić information content (AvgIpc) is 2.77. The molecule has 0 aliphatic rings. The van der Waals surface area contributed by atoms with Gasteiger partial charge in [-0.2, -0.15) is 0 Å².